The van der Waals surface area contributed by atoms with Gasteiger partial charge in [-0.15, -0.1) is 0 Å². The number of aromatic nitrogens is 2. The Balaban J connectivity index is 1.37. The third kappa shape index (κ3) is 3.73. The summed E-state index contributed by atoms with van der Waals surface area (Å²) in [5.41, 5.74) is 4.98. The number of piperidine rings is 1. The van der Waals surface area contributed by atoms with E-state index in [9.17, 15) is 4.79 Å². The monoisotopic (exact) mass is 398 g/mol. The number of hydrogen-bond donors (Lipinski definition) is 1. The Kier molecular flexibility index (Phi) is 5.28. The Hall–Kier alpha value is -3.05. The van der Waals surface area contributed by atoms with E-state index in [1.807, 2.05) is 65.7 Å². The number of amides is 1. The Labute approximate surface area is 177 Å². The summed E-state index contributed by atoms with van der Waals surface area (Å²) in [6.45, 7) is 3.34. The summed E-state index contributed by atoms with van der Waals surface area (Å²) in [5, 5.41) is 3.40. The van der Waals surface area contributed by atoms with Crippen molar-refractivity contribution >= 4 is 5.91 Å². The molecule has 5 rings (SSSR count). The fourth-order valence-corrected chi connectivity index (χ4v) is 4.49. The van der Waals surface area contributed by atoms with Gasteiger partial charge in [-0.2, -0.15) is 0 Å². The second-order valence-corrected chi connectivity index (χ2v) is 8.11. The molecule has 152 valence electrons. The van der Waals surface area contributed by atoms with Crippen molar-refractivity contribution in [2.45, 2.75) is 31.7 Å². The summed E-state index contributed by atoms with van der Waals surface area (Å²) in [5.74, 6) is 1.50. The zero-order valence-electron chi connectivity index (χ0n) is 17.1. The highest BCUT2D eigenvalue weighted by Crippen LogP contribution is 2.28. The number of fused-ring (bicyclic) bond motifs is 1. The summed E-state index contributed by atoms with van der Waals surface area (Å²) in [4.78, 5) is 24.9. The second-order valence-electron chi connectivity index (χ2n) is 8.11. The number of carbonyl (C=O) groups excluding carboxylic acids is 1. The molecular weight excluding hydrogens is 372 g/mol. The Morgan fingerprint density at radius 3 is 2.60 bits per heavy atom. The van der Waals surface area contributed by atoms with E-state index in [-0.39, 0.29) is 5.91 Å². The van der Waals surface area contributed by atoms with Gasteiger partial charge >= 0.3 is 0 Å². The summed E-state index contributed by atoms with van der Waals surface area (Å²) in [6, 6.07) is 18.0. The molecule has 2 aliphatic rings. The molecule has 2 aliphatic heterocycles. The SMILES string of the molecule is O=C(c1ccccc1-c1ccccc1)N1CCc2nc(C3CCNCC3)ncc2C1. The van der Waals surface area contributed by atoms with Gasteiger partial charge in [-0.25, -0.2) is 9.97 Å². The van der Waals surface area contributed by atoms with Gasteiger partial charge in [-0.3, -0.25) is 4.79 Å². The molecule has 1 N–H and O–H groups in total. The topological polar surface area (TPSA) is 58.1 Å². The molecule has 1 aromatic heterocycles. The first-order valence-electron chi connectivity index (χ1n) is 10.8. The molecule has 5 heteroatoms. The molecule has 1 saturated heterocycles. The minimum absolute atomic E-state index is 0.0718. The summed E-state index contributed by atoms with van der Waals surface area (Å²) >= 11 is 0. The van der Waals surface area contributed by atoms with E-state index in [0.29, 0.717) is 19.0 Å². The minimum atomic E-state index is 0.0718. The van der Waals surface area contributed by atoms with Crippen molar-refractivity contribution in [3.8, 4) is 11.1 Å². The van der Waals surface area contributed by atoms with Crippen LogP contribution in [0.15, 0.2) is 60.8 Å². The molecule has 0 bridgehead atoms. The van der Waals surface area contributed by atoms with Gasteiger partial charge < -0.3 is 10.2 Å². The Bertz CT molecular complexity index is 1040. The molecule has 2 aromatic carbocycles. The maximum atomic E-state index is 13.4. The molecule has 0 aliphatic carbocycles. The third-order valence-electron chi connectivity index (χ3n) is 6.19. The van der Waals surface area contributed by atoms with Gasteiger partial charge in [0.25, 0.3) is 5.91 Å². The lowest BCUT2D eigenvalue weighted by molar-refractivity contribution is 0.0734. The molecule has 0 spiro atoms. The highest BCUT2D eigenvalue weighted by atomic mass is 16.2. The smallest absolute Gasteiger partial charge is 0.254 e. The van der Waals surface area contributed by atoms with Gasteiger partial charge in [0, 0.05) is 42.8 Å². The van der Waals surface area contributed by atoms with Crippen LogP contribution >= 0.6 is 0 Å². The fraction of sp³-hybridized carbons (Fsp3) is 0.320. The number of hydrogen-bond acceptors (Lipinski definition) is 4. The first-order valence-corrected chi connectivity index (χ1v) is 10.8. The number of nitrogens with zero attached hydrogens (tertiary/aromatic N) is 3. The van der Waals surface area contributed by atoms with Crippen molar-refractivity contribution in [3.05, 3.63) is 83.4 Å². The van der Waals surface area contributed by atoms with Crippen LogP contribution in [0.3, 0.4) is 0 Å². The van der Waals surface area contributed by atoms with E-state index in [4.69, 9.17) is 4.98 Å². The molecule has 3 aromatic rings. The van der Waals surface area contributed by atoms with E-state index in [1.54, 1.807) is 0 Å². The highest BCUT2D eigenvalue weighted by Gasteiger charge is 2.26. The van der Waals surface area contributed by atoms with Crippen LogP contribution in [0.4, 0.5) is 0 Å². The van der Waals surface area contributed by atoms with Crippen LogP contribution in [-0.2, 0) is 13.0 Å². The van der Waals surface area contributed by atoms with Crippen LogP contribution in [0, 0.1) is 0 Å². The first-order chi connectivity index (χ1) is 14.8. The van der Waals surface area contributed by atoms with E-state index >= 15 is 0 Å². The number of nitrogens with one attached hydrogen (secondary N) is 1. The van der Waals surface area contributed by atoms with Gasteiger partial charge in [0.15, 0.2) is 0 Å². The summed E-state index contributed by atoms with van der Waals surface area (Å²) < 4.78 is 0. The van der Waals surface area contributed by atoms with Gasteiger partial charge in [-0.1, -0.05) is 48.5 Å². The van der Waals surface area contributed by atoms with Gasteiger partial charge in [0.1, 0.15) is 5.82 Å². The standard InChI is InChI=1S/C25H26N4O/c30-25(22-9-5-4-8-21(22)18-6-2-1-3-7-18)29-15-12-23-20(17-29)16-27-24(28-23)19-10-13-26-14-11-19/h1-9,16,19,26H,10-15,17H2. The average molecular weight is 399 g/mol. The maximum Gasteiger partial charge on any atom is 0.254 e. The summed E-state index contributed by atoms with van der Waals surface area (Å²) in [6.07, 6.45) is 4.93. The van der Waals surface area contributed by atoms with Gasteiger partial charge in [-0.05, 0) is 43.1 Å². The number of benzene rings is 2. The zero-order chi connectivity index (χ0) is 20.3. The Morgan fingerprint density at radius 1 is 1.00 bits per heavy atom. The molecular formula is C25H26N4O. The van der Waals surface area contributed by atoms with E-state index < -0.39 is 0 Å². The molecule has 5 nitrogen and oxygen atoms in total. The second kappa shape index (κ2) is 8.36. The highest BCUT2D eigenvalue weighted by molar-refractivity contribution is 6.01. The van der Waals surface area contributed by atoms with Crippen molar-refractivity contribution in [1.29, 1.82) is 0 Å². The maximum absolute atomic E-state index is 13.4. The molecule has 1 fully saturated rings. The normalized spacial score (nSPS) is 16.9. The molecule has 0 atom stereocenters. The average Bonchev–Trinajstić information content (AvgIpc) is 2.84. The summed E-state index contributed by atoms with van der Waals surface area (Å²) in [7, 11) is 0. The molecule has 30 heavy (non-hydrogen) atoms. The predicted molar refractivity (Wildman–Crippen MR) is 117 cm³/mol. The van der Waals surface area contributed by atoms with E-state index in [0.717, 1.165) is 66.1 Å². The van der Waals surface area contributed by atoms with Crippen molar-refractivity contribution in [3.63, 3.8) is 0 Å². The molecule has 0 radical (unpaired) electrons. The van der Waals surface area contributed by atoms with E-state index in [1.165, 1.54) is 0 Å². The largest absolute Gasteiger partial charge is 0.334 e. The Morgan fingerprint density at radius 2 is 1.77 bits per heavy atom. The van der Waals surface area contributed by atoms with Crippen LogP contribution in [0.2, 0.25) is 0 Å². The molecule has 0 unspecified atom stereocenters. The van der Waals surface area contributed by atoms with Crippen LogP contribution in [-0.4, -0.2) is 40.4 Å². The zero-order valence-corrected chi connectivity index (χ0v) is 17.1. The van der Waals surface area contributed by atoms with Crippen molar-refractivity contribution in [1.82, 2.24) is 20.2 Å². The number of carbonyl (C=O) groups is 1. The lowest BCUT2D eigenvalue weighted by atomic mass is 9.96. The van der Waals surface area contributed by atoms with E-state index in [2.05, 4.69) is 10.3 Å². The number of rotatable bonds is 3. The molecule has 1 amide bonds. The van der Waals surface area contributed by atoms with Crippen LogP contribution in [0.1, 0.15) is 46.2 Å². The van der Waals surface area contributed by atoms with Crippen molar-refractivity contribution in [2.24, 2.45) is 0 Å². The fourth-order valence-electron chi connectivity index (χ4n) is 4.49. The third-order valence-corrected chi connectivity index (χ3v) is 6.19. The molecule has 3 heterocycles. The van der Waals surface area contributed by atoms with Crippen molar-refractivity contribution in [2.75, 3.05) is 19.6 Å². The first kappa shape index (κ1) is 18.9. The van der Waals surface area contributed by atoms with Crippen LogP contribution < -0.4 is 5.32 Å². The van der Waals surface area contributed by atoms with Crippen molar-refractivity contribution < 1.29 is 4.79 Å². The van der Waals surface area contributed by atoms with Gasteiger partial charge in [0.2, 0.25) is 0 Å². The lowest BCUT2D eigenvalue weighted by Gasteiger charge is -2.30. The minimum Gasteiger partial charge on any atom is -0.334 e. The van der Waals surface area contributed by atoms with Gasteiger partial charge in [0.05, 0.1) is 5.69 Å². The van der Waals surface area contributed by atoms with Crippen LogP contribution in [0.5, 0.6) is 0 Å². The lowest BCUT2D eigenvalue weighted by Crippen LogP contribution is -2.37. The molecule has 0 saturated carbocycles. The van der Waals surface area contributed by atoms with Crippen LogP contribution in [0.25, 0.3) is 11.1 Å². The quantitative estimate of drug-likeness (QED) is 0.729. The predicted octanol–water partition coefficient (Wildman–Crippen LogP) is 3.81.